The molecule has 2 rings (SSSR count). The highest BCUT2D eigenvalue weighted by Gasteiger charge is 2.27. The van der Waals surface area contributed by atoms with Gasteiger partial charge in [0.1, 0.15) is 0 Å². The van der Waals surface area contributed by atoms with Crippen molar-refractivity contribution in [3.05, 3.63) is 65.2 Å². The molecule has 138 valence electrons. The van der Waals surface area contributed by atoms with Gasteiger partial charge in [-0.15, -0.1) is 0 Å². The summed E-state index contributed by atoms with van der Waals surface area (Å²) in [6.45, 7) is 7.67. The highest BCUT2D eigenvalue weighted by atomic mass is 16.5. The number of rotatable bonds is 7. The molecule has 0 unspecified atom stereocenters. The first kappa shape index (κ1) is 19.7. The summed E-state index contributed by atoms with van der Waals surface area (Å²) < 4.78 is 5.33. The molecule has 0 bridgehead atoms. The van der Waals surface area contributed by atoms with E-state index in [1.54, 1.807) is 0 Å². The number of nitrogens with one attached hydrogen (secondary N) is 1. The minimum absolute atomic E-state index is 0.131. The number of hydrogen-bond donors (Lipinski definition) is 1. The fourth-order valence-corrected chi connectivity index (χ4v) is 2.88. The predicted molar refractivity (Wildman–Crippen MR) is 104 cm³/mol. The Morgan fingerprint density at radius 1 is 1.08 bits per heavy atom. The fourth-order valence-electron chi connectivity index (χ4n) is 2.88. The third-order valence-corrected chi connectivity index (χ3v) is 4.64. The van der Waals surface area contributed by atoms with E-state index < -0.39 is 0 Å². The summed E-state index contributed by atoms with van der Waals surface area (Å²) >= 11 is 0. The molecule has 0 spiro atoms. The van der Waals surface area contributed by atoms with E-state index >= 15 is 0 Å². The van der Waals surface area contributed by atoms with Gasteiger partial charge >= 0.3 is 5.97 Å². The Hall–Kier alpha value is -2.62. The van der Waals surface area contributed by atoms with Gasteiger partial charge in [-0.05, 0) is 42.5 Å². The molecular formula is C22H27NO3. The van der Waals surface area contributed by atoms with Crippen molar-refractivity contribution >= 4 is 17.6 Å². The zero-order valence-electron chi connectivity index (χ0n) is 15.9. The van der Waals surface area contributed by atoms with Crippen molar-refractivity contribution in [2.75, 3.05) is 11.9 Å². The highest BCUT2D eigenvalue weighted by Crippen LogP contribution is 2.28. The molecule has 0 radical (unpaired) electrons. The Labute approximate surface area is 155 Å². The van der Waals surface area contributed by atoms with Crippen molar-refractivity contribution in [3.63, 3.8) is 0 Å². The summed E-state index contributed by atoms with van der Waals surface area (Å²) in [6, 6.07) is 15.4. The molecular weight excluding hydrogens is 326 g/mol. The van der Waals surface area contributed by atoms with Crippen LogP contribution in [0.15, 0.2) is 48.5 Å². The molecule has 0 fully saturated rings. The van der Waals surface area contributed by atoms with Crippen molar-refractivity contribution < 1.29 is 14.3 Å². The molecule has 26 heavy (non-hydrogen) atoms. The minimum atomic E-state index is -0.366. The van der Waals surface area contributed by atoms with E-state index in [0.29, 0.717) is 0 Å². The molecule has 2 aromatic rings. The summed E-state index contributed by atoms with van der Waals surface area (Å²) in [5, 5.41) is 2.81. The van der Waals surface area contributed by atoms with Gasteiger partial charge in [0.2, 0.25) is 0 Å². The molecule has 4 heteroatoms. The van der Waals surface area contributed by atoms with E-state index in [-0.39, 0.29) is 30.3 Å². The molecule has 0 saturated carbocycles. The van der Waals surface area contributed by atoms with E-state index in [0.717, 1.165) is 28.8 Å². The molecule has 1 amide bonds. The molecule has 1 N–H and O–H groups in total. The number of amides is 1. The SMILES string of the molecule is CC[C@H](C)[C@H](C(=O)OCC(=O)Nc1cc(C)ccc1C)c1ccccc1. The molecule has 0 aromatic heterocycles. The topological polar surface area (TPSA) is 55.4 Å². The second kappa shape index (κ2) is 9.18. The van der Waals surface area contributed by atoms with Crippen LogP contribution in [0.5, 0.6) is 0 Å². The maximum absolute atomic E-state index is 12.6. The van der Waals surface area contributed by atoms with Crippen LogP contribution >= 0.6 is 0 Å². The van der Waals surface area contributed by atoms with Crippen LogP contribution in [0.25, 0.3) is 0 Å². The van der Waals surface area contributed by atoms with Gasteiger partial charge in [0, 0.05) is 5.69 Å². The summed E-state index contributed by atoms with van der Waals surface area (Å²) in [5.41, 5.74) is 3.69. The first-order valence-electron chi connectivity index (χ1n) is 9.01. The number of carbonyl (C=O) groups excluding carboxylic acids is 2. The minimum Gasteiger partial charge on any atom is -0.455 e. The highest BCUT2D eigenvalue weighted by molar-refractivity contribution is 5.94. The van der Waals surface area contributed by atoms with Crippen molar-refractivity contribution in [2.24, 2.45) is 5.92 Å². The van der Waals surface area contributed by atoms with Crippen LogP contribution in [0.1, 0.15) is 42.9 Å². The van der Waals surface area contributed by atoms with E-state index in [1.165, 1.54) is 0 Å². The van der Waals surface area contributed by atoms with Crippen LogP contribution < -0.4 is 5.32 Å². The quantitative estimate of drug-likeness (QED) is 0.739. The summed E-state index contributed by atoms with van der Waals surface area (Å²) in [6.07, 6.45) is 0.851. The van der Waals surface area contributed by atoms with Crippen LogP contribution in [-0.4, -0.2) is 18.5 Å². The zero-order chi connectivity index (χ0) is 19.1. The summed E-state index contributed by atoms with van der Waals surface area (Å²) in [4.78, 5) is 24.8. The van der Waals surface area contributed by atoms with Crippen molar-refractivity contribution in [1.29, 1.82) is 0 Å². The van der Waals surface area contributed by atoms with Gasteiger partial charge in [-0.2, -0.15) is 0 Å². The normalized spacial score (nSPS) is 12.9. The predicted octanol–water partition coefficient (Wildman–Crippen LogP) is 4.62. The summed E-state index contributed by atoms with van der Waals surface area (Å²) in [7, 11) is 0. The van der Waals surface area contributed by atoms with Gasteiger partial charge in [0.15, 0.2) is 6.61 Å². The van der Waals surface area contributed by atoms with E-state index in [4.69, 9.17) is 4.74 Å². The summed E-state index contributed by atoms with van der Waals surface area (Å²) in [5.74, 6) is -0.925. The fraction of sp³-hybridized carbons (Fsp3) is 0.364. The lowest BCUT2D eigenvalue weighted by atomic mass is 9.86. The molecule has 0 aliphatic carbocycles. The molecule has 4 nitrogen and oxygen atoms in total. The second-order valence-corrected chi connectivity index (χ2v) is 6.75. The molecule has 2 aromatic carbocycles. The lowest BCUT2D eigenvalue weighted by Crippen LogP contribution is -2.27. The number of anilines is 1. The molecule has 2 atom stereocenters. The Kier molecular flexibility index (Phi) is 6.96. The Bertz CT molecular complexity index is 755. The van der Waals surface area contributed by atoms with E-state index in [2.05, 4.69) is 5.32 Å². The van der Waals surface area contributed by atoms with Gasteiger partial charge in [0.05, 0.1) is 5.92 Å². The van der Waals surface area contributed by atoms with Crippen LogP contribution in [0.3, 0.4) is 0 Å². The van der Waals surface area contributed by atoms with Crippen LogP contribution in [-0.2, 0) is 14.3 Å². The lowest BCUT2D eigenvalue weighted by Gasteiger charge is -2.21. The van der Waals surface area contributed by atoms with Crippen molar-refractivity contribution in [3.8, 4) is 0 Å². The van der Waals surface area contributed by atoms with Crippen molar-refractivity contribution in [1.82, 2.24) is 0 Å². The van der Waals surface area contributed by atoms with Crippen LogP contribution in [0, 0.1) is 19.8 Å². The van der Waals surface area contributed by atoms with E-state index in [9.17, 15) is 9.59 Å². The zero-order valence-corrected chi connectivity index (χ0v) is 15.9. The average Bonchev–Trinajstić information content (AvgIpc) is 2.64. The molecule has 0 aliphatic rings. The number of aryl methyl sites for hydroxylation is 2. The smallest absolute Gasteiger partial charge is 0.314 e. The van der Waals surface area contributed by atoms with Crippen LogP contribution in [0.2, 0.25) is 0 Å². The van der Waals surface area contributed by atoms with Gasteiger partial charge in [-0.1, -0.05) is 62.7 Å². The van der Waals surface area contributed by atoms with Gasteiger partial charge in [-0.25, -0.2) is 0 Å². The molecule has 0 heterocycles. The molecule has 0 aliphatic heterocycles. The number of hydrogen-bond acceptors (Lipinski definition) is 3. The third-order valence-electron chi connectivity index (χ3n) is 4.64. The standard InChI is InChI=1S/C22H27NO3/c1-5-16(3)21(18-9-7-6-8-10-18)22(25)26-14-20(24)23-19-13-15(2)11-12-17(19)4/h6-13,16,21H,5,14H2,1-4H3,(H,23,24)/t16-,21-/m0/s1. The second-order valence-electron chi connectivity index (χ2n) is 6.75. The monoisotopic (exact) mass is 353 g/mol. The number of carbonyl (C=O) groups is 2. The van der Waals surface area contributed by atoms with Gasteiger partial charge in [0.25, 0.3) is 5.91 Å². The Balaban J connectivity index is 2.01. The Morgan fingerprint density at radius 2 is 1.77 bits per heavy atom. The third kappa shape index (κ3) is 5.19. The molecule has 0 saturated heterocycles. The number of ether oxygens (including phenoxy) is 1. The number of benzene rings is 2. The maximum Gasteiger partial charge on any atom is 0.314 e. The first-order chi connectivity index (χ1) is 12.4. The van der Waals surface area contributed by atoms with Gasteiger partial charge < -0.3 is 10.1 Å². The van der Waals surface area contributed by atoms with Crippen LogP contribution in [0.4, 0.5) is 5.69 Å². The largest absolute Gasteiger partial charge is 0.455 e. The average molecular weight is 353 g/mol. The first-order valence-corrected chi connectivity index (χ1v) is 9.01. The maximum atomic E-state index is 12.6. The Morgan fingerprint density at radius 3 is 2.42 bits per heavy atom. The number of esters is 1. The van der Waals surface area contributed by atoms with Crippen molar-refractivity contribution in [2.45, 2.75) is 40.0 Å². The van der Waals surface area contributed by atoms with E-state index in [1.807, 2.05) is 76.2 Å². The van der Waals surface area contributed by atoms with Gasteiger partial charge in [-0.3, -0.25) is 9.59 Å². The lowest BCUT2D eigenvalue weighted by molar-refractivity contribution is -0.150.